The minimum atomic E-state index is 0.872. The van der Waals surface area contributed by atoms with Crippen molar-refractivity contribution in [2.75, 3.05) is 5.73 Å². The lowest BCUT2D eigenvalue weighted by Gasteiger charge is -2.07. The van der Waals surface area contributed by atoms with Crippen molar-refractivity contribution in [2.45, 2.75) is 24.5 Å². The smallest absolute Gasteiger partial charge is 0.0462 e. The topological polar surface area (TPSA) is 26.0 Å². The molecule has 0 saturated heterocycles. The molecule has 0 saturated carbocycles. The van der Waals surface area contributed by atoms with Crippen LogP contribution in [-0.2, 0) is 5.75 Å². The highest BCUT2D eigenvalue weighted by Crippen LogP contribution is 2.29. The van der Waals surface area contributed by atoms with Crippen molar-refractivity contribution in [3.63, 3.8) is 0 Å². The minimum absolute atomic E-state index is 0.872. The van der Waals surface area contributed by atoms with E-state index in [2.05, 4.69) is 66.8 Å². The Labute approximate surface area is 126 Å². The van der Waals surface area contributed by atoms with E-state index in [1.165, 1.54) is 20.3 Å². The zero-order chi connectivity index (χ0) is 13.1. The van der Waals surface area contributed by atoms with E-state index in [0.29, 0.717) is 0 Å². The van der Waals surface area contributed by atoms with Crippen LogP contribution in [0.1, 0.15) is 16.7 Å². The molecule has 0 aliphatic rings. The van der Waals surface area contributed by atoms with Crippen molar-refractivity contribution in [1.29, 1.82) is 0 Å². The normalized spacial score (nSPS) is 10.6. The molecule has 0 spiro atoms. The molecule has 1 nitrogen and oxygen atoms in total. The first-order valence-corrected chi connectivity index (χ1v) is 7.86. The lowest BCUT2D eigenvalue weighted by atomic mass is 10.1. The van der Waals surface area contributed by atoms with E-state index in [1.807, 2.05) is 6.07 Å². The molecule has 0 heterocycles. The van der Waals surface area contributed by atoms with Gasteiger partial charge in [-0.1, -0.05) is 29.3 Å². The summed E-state index contributed by atoms with van der Waals surface area (Å²) in [5, 5.41) is 0. The van der Waals surface area contributed by atoms with Crippen molar-refractivity contribution in [1.82, 2.24) is 0 Å². The number of rotatable bonds is 3. The van der Waals surface area contributed by atoms with Crippen molar-refractivity contribution in [2.24, 2.45) is 0 Å². The molecule has 0 aliphatic heterocycles. The lowest BCUT2D eigenvalue weighted by molar-refractivity contribution is 1.29. The summed E-state index contributed by atoms with van der Waals surface area (Å²) < 4.78 is 1.18. The zero-order valence-electron chi connectivity index (χ0n) is 10.5. The van der Waals surface area contributed by atoms with Gasteiger partial charge >= 0.3 is 0 Å². The molecule has 94 valence electrons. The van der Waals surface area contributed by atoms with E-state index in [-0.39, 0.29) is 0 Å². The van der Waals surface area contributed by atoms with Crippen LogP contribution in [0.4, 0.5) is 5.69 Å². The highest BCUT2D eigenvalue weighted by Gasteiger charge is 2.02. The molecule has 0 unspecified atom stereocenters. The second kappa shape index (κ2) is 5.97. The number of thioether (sulfide) groups is 1. The van der Waals surface area contributed by atoms with E-state index in [4.69, 9.17) is 5.73 Å². The van der Waals surface area contributed by atoms with Gasteiger partial charge in [-0.15, -0.1) is 11.8 Å². The molecule has 0 amide bonds. The van der Waals surface area contributed by atoms with Gasteiger partial charge in [0.05, 0.1) is 0 Å². The van der Waals surface area contributed by atoms with Gasteiger partial charge in [-0.25, -0.2) is 0 Å². The predicted molar refractivity (Wildman–Crippen MR) is 89.0 cm³/mol. The first-order valence-electron chi connectivity index (χ1n) is 5.79. The number of nitrogen functional groups attached to an aromatic ring is 1. The number of aryl methyl sites for hydroxylation is 2. The van der Waals surface area contributed by atoms with Crippen LogP contribution in [0.25, 0.3) is 0 Å². The molecule has 0 fully saturated rings. The SMILES string of the molecule is Cc1cc(C)cc(CSc2ccc(I)cc2N)c1. The number of benzene rings is 2. The van der Waals surface area contributed by atoms with Gasteiger partial charge in [0.25, 0.3) is 0 Å². The number of halogens is 1. The van der Waals surface area contributed by atoms with Crippen LogP contribution < -0.4 is 5.73 Å². The molecular weight excluding hydrogens is 353 g/mol. The standard InChI is InChI=1S/C15H16INS/c1-10-5-11(2)7-12(6-10)9-18-15-4-3-13(16)8-14(15)17/h3-8H,9,17H2,1-2H3. The van der Waals surface area contributed by atoms with Crippen LogP contribution in [0.2, 0.25) is 0 Å². The maximum atomic E-state index is 6.02. The predicted octanol–water partition coefficient (Wildman–Crippen LogP) is 4.78. The largest absolute Gasteiger partial charge is 0.398 e. The molecule has 2 aromatic carbocycles. The van der Waals surface area contributed by atoms with Gasteiger partial charge in [-0.2, -0.15) is 0 Å². The van der Waals surface area contributed by atoms with Gasteiger partial charge in [0.1, 0.15) is 0 Å². The van der Waals surface area contributed by atoms with Crippen molar-refractivity contribution >= 4 is 40.0 Å². The molecule has 2 aromatic rings. The maximum absolute atomic E-state index is 6.02. The third-order valence-electron chi connectivity index (χ3n) is 2.65. The molecule has 0 aliphatic carbocycles. The number of hydrogen-bond donors (Lipinski definition) is 1. The van der Waals surface area contributed by atoms with E-state index in [0.717, 1.165) is 16.3 Å². The quantitative estimate of drug-likeness (QED) is 0.479. The zero-order valence-corrected chi connectivity index (χ0v) is 13.5. The number of nitrogens with two attached hydrogens (primary N) is 1. The first kappa shape index (κ1) is 13.7. The monoisotopic (exact) mass is 369 g/mol. The van der Waals surface area contributed by atoms with Crippen molar-refractivity contribution in [3.8, 4) is 0 Å². The molecule has 0 radical (unpaired) electrons. The maximum Gasteiger partial charge on any atom is 0.0462 e. The van der Waals surface area contributed by atoms with Crippen molar-refractivity contribution in [3.05, 3.63) is 56.7 Å². The van der Waals surface area contributed by atoms with Crippen LogP contribution in [0.15, 0.2) is 41.3 Å². The third-order valence-corrected chi connectivity index (χ3v) is 4.48. The Bertz CT molecular complexity index is 546. The van der Waals surface area contributed by atoms with Crippen molar-refractivity contribution < 1.29 is 0 Å². The van der Waals surface area contributed by atoms with Gasteiger partial charge < -0.3 is 5.73 Å². The second-order valence-electron chi connectivity index (χ2n) is 4.47. The summed E-state index contributed by atoms with van der Waals surface area (Å²) in [5.41, 5.74) is 10.9. The van der Waals surface area contributed by atoms with Gasteiger partial charge in [-0.05, 0) is 60.2 Å². The van der Waals surface area contributed by atoms with E-state index in [9.17, 15) is 0 Å². The molecule has 18 heavy (non-hydrogen) atoms. The summed E-state index contributed by atoms with van der Waals surface area (Å²) in [6.45, 7) is 4.28. The fourth-order valence-corrected chi connectivity index (χ4v) is 3.36. The van der Waals surface area contributed by atoms with Gasteiger partial charge in [0.2, 0.25) is 0 Å². The summed E-state index contributed by atoms with van der Waals surface area (Å²) in [6, 6.07) is 12.9. The molecular formula is C15H16INS. The summed E-state index contributed by atoms with van der Waals surface area (Å²) >= 11 is 4.08. The molecule has 2 N–H and O–H groups in total. The van der Waals surface area contributed by atoms with Crippen LogP contribution in [-0.4, -0.2) is 0 Å². The third kappa shape index (κ3) is 3.65. The summed E-state index contributed by atoms with van der Waals surface area (Å²) in [7, 11) is 0. The van der Waals surface area contributed by atoms with Crippen LogP contribution in [0, 0.1) is 17.4 Å². The first-order chi connectivity index (χ1) is 8.54. The molecule has 0 bridgehead atoms. The average Bonchev–Trinajstić information content (AvgIpc) is 2.26. The van der Waals surface area contributed by atoms with E-state index in [1.54, 1.807) is 11.8 Å². The van der Waals surface area contributed by atoms with Crippen LogP contribution in [0.5, 0.6) is 0 Å². The Morgan fingerprint density at radius 1 is 1.06 bits per heavy atom. The Kier molecular flexibility index (Phi) is 4.56. The van der Waals surface area contributed by atoms with Gasteiger partial charge in [0, 0.05) is 19.9 Å². The fourth-order valence-electron chi connectivity index (χ4n) is 1.96. The Balaban J connectivity index is 2.11. The highest BCUT2D eigenvalue weighted by atomic mass is 127. The Hall–Kier alpha value is -0.680. The highest BCUT2D eigenvalue weighted by molar-refractivity contribution is 14.1. The van der Waals surface area contributed by atoms with Gasteiger partial charge in [0.15, 0.2) is 0 Å². The summed E-state index contributed by atoms with van der Waals surface area (Å²) in [4.78, 5) is 1.16. The minimum Gasteiger partial charge on any atom is -0.398 e. The second-order valence-corrected chi connectivity index (χ2v) is 6.73. The average molecular weight is 369 g/mol. The Morgan fingerprint density at radius 2 is 1.72 bits per heavy atom. The Morgan fingerprint density at radius 3 is 2.33 bits per heavy atom. The molecule has 0 aromatic heterocycles. The number of hydrogen-bond acceptors (Lipinski definition) is 2. The van der Waals surface area contributed by atoms with E-state index < -0.39 is 0 Å². The van der Waals surface area contributed by atoms with E-state index >= 15 is 0 Å². The lowest BCUT2D eigenvalue weighted by Crippen LogP contribution is -1.90. The molecule has 0 atom stereocenters. The summed E-state index contributed by atoms with van der Waals surface area (Å²) in [5.74, 6) is 0.966. The summed E-state index contributed by atoms with van der Waals surface area (Å²) in [6.07, 6.45) is 0. The molecule has 2 rings (SSSR count). The molecule has 3 heteroatoms. The van der Waals surface area contributed by atoms with Crippen LogP contribution >= 0.6 is 34.4 Å². The van der Waals surface area contributed by atoms with Crippen LogP contribution in [0.3, 0.4) is 0 Å². The fraction of sp³-hybridized carbons (Fsp3) is 0.200. The van der Waals surface area contributed by atoms with Gasteiger partial charge in [-0.3, -0.25) is 0 Å². The number of anilines is 1.